The molecular formula is C19H30NO7P. The number of hydrogen-bond donors (Lipinski definition) is 0. The van der Waals surface area contributed by atoms with Crippen LogP contribution in [0.4, 0.5) is 0 Å². The topological polar surface area (TPSA) is 91.4 Å². The number of hydrogen-bond acceptors (Lipinski definition) is 7. The summed E-state index contributed by atoms with van der Waals surface area (Å²) in [4.78, 5) is 25.2. The van der Waals surface area contributed by atoms with Gasteiger partial charge in [-0.3, -0.25) is 28.1 Å². The van der Waals surface area contributed by atoms with Crippen LogP contribution in [0.25, 0.3) is 0 Å². The molecule has 3 aliphatic rings. The second-order valence-electron chi connectivity index (χ2n) is 7.57. The highest BCUT2D eigenvalue weighted by molar-refractivity contribution is 7.48. The van der Waals surface area contributed by atoms with Gasteiger partial charge in [0, 0.05) is 18.2 Å². The number of carbonyl (C=O) groups is 2. The molecule has 4 atom stereocenters. The first-order valence-corrected chi connectivity index (χ1v) is 11.6. The number of phosphoric ester groups is 1. The molecule has 0 radical (unpaired) electrons. The fourth-order valence-corrected chi connectivity index (χ4v) is 5.02. The zero-order chi connectivity index (χ0) is 20.1. The molecule has 1 unspecified atom stereocenters. The highest BCUT2D eigenvalue weighted by Crippen LogP contribution is 2.56. The first-order valence-electron chi connectivity index (χ1n) is 10.2. The Labute approximate surface area is 166 Å². The molecule has 2 saturated heterocycles. The minimum Gasteiger partial charge on any atom is -0.349 e. The van der Waals surface area contributed by atoms with E-state index in [4.69, 9.17) is 18.3 Å². The van der Waals surface area contributed by atoms with E-state index in [2.05, 4.69) is 6.92 Å². The predicted octanol–water partition coefficient (Wildman–Crippen LogP) is 3.71. The SMILES string of the molecule is CCCCCCCCOP1(=O)OC[C@H]2O[C@@H](N3C=C(C)C(=O)CC3=O)C[C@@H]2O1. The lowest BCUT2D eigenvalue weighted by molar-refractivity contribution is -0.145. The van der Waals surface area contributed by atoms with Gasteiger partial charge >= 0.3 is 7.82 Å². The van der Waals surface area contributed by atoms with Crippen molar-refractivity contribution in [3.05, 3.63) is 11.8 Å². The molecule has 0 aliphatic carbocycles. The second-order valence-corrected chi connectivity index (χ2v) is 9.19. The van der Waals surface area contributed by atoms with Gasteiger partial charge in [0.25, 0.3) is 0 Å². The van der Waals surface area contributed by atoms with E-state index >= 15 is 0 Å². The normalized spacial score (nSPS) is 33.1. The third-order valence-electron chi connectivity index (χ3n) is 5.27. The lowest BCUT2D eigenvalue weighted by atomic mass is 10.1. The van der Waals surface area contributed by atoms with Gasteiger partial charge in [0.15, 0.2) is 5.78 Å². The van der Waals surface area contributed by atoms with Gasteiger partial charge in [-0.1, -0.05) is 39.0 Å². The summed E-state index contributed by atoms with van der Waals surface area (Å²) in [5.74, 6) is -0.480. The lowest BCUT2D eigenvalue weighted by Gasteiger charge is -2.30. The average Bonchev–Trinajstić information content (AvgIpc) is 3.06. The number of phosphoric acid groups is 1. The Morgan fingerprint density at radius 1 is 1.18 bits per heavy atom. The van der Waals surface area contributed by atoms with Gasteiger partial charge in [0.05, 0.1) is 19.6 Å². The molecule has 0 saturated carbocycles. The Morgan fingerprint density at radius 3 is 2.71 bits per heavy atom. The number of nitrogens with zero attached hydrogens (tertiary/aromatic N) is 1. The van der Waals surface area contributed by atoms with Crippen molar-refractivity contribution in [3.8, 4) is 0 Å². The number of carbonyl (C=O) groups excluding carboxylic acids is 2. The monoisotopic (exact) mass is 415 g/mol. The van der Waals surface area contributed by atoms with Crippen LogP contribution in [0.3, 0.4) is 0 Å². The van der Waals surface area contributed by atoms with Crippen LogP contribution in [0, 0.1) is 0 Å². The highest BCUT2D eigenvalue weighted by atomic mass is 31.2. The molecule has 1 amide bonds. The third kappa shape index (κ3) is 5.30. The Bertz CT molecular complexity index is 665. The fourth-order valence-electron chi connectivity index (χ4n) is 3.58. The standard InChI is InChI=1S/C19H30NO7P/c1-3-4-5-6-7-8-9-24-28(23)25-13-17-16(27-28)11-19(26-17)20-12-14(2)15(21)10-18(20)22/h12,16-17,19H,3-11,13H2,1-2H3/t16-,17+,19+,28?/m0/s1. The molecule has 0 aromatic heterocycles. The van der Waals surface area contributed by atoms with Gasteiger partial charge in [0.1, 0.15) is 18.4 Å². The molecule has 2 fully saturated rings. The van der Waals surface area contributed by atoms with Gasteiger partial charge in [-0.15, -0.1) is 0 Å². The predicted molar refractivity (Wildman–Crippen MR) is 101 cm³/mol. The molecule has 0 bridgehead atoms. The first-order chi connectivity index (χ1) is 13.4. The van der Waals surface area contributed by atoms with Gasteiger partial charge in [-0.05, 0) is 13.3 Å². The molecule has 8 nitrogen and oxygen atoms in total. The summed E-state index contributed by atoms with van der Waals surface area (Å²) in [6.07, 6.45) is 6.92. The van der Waals surface area contributed by atoms with Gasteiger partial charge in [-0.25, -0.2) is 4.57 Å². The van der Waals surface area contributed by atoms with Crippen molar-refractivity contribution in [1.29, 1.82) is 0 Å². The highest BCUT2D eigenvalue weighted by Gasteiger charge is 2.49. The van der Waals surface area contributed by atoms with Crippen molar-refractivity contribution >= 4 is 19.5 Å². The van der Waals surface area contributed by atoms with Crippen LogP contribution in [0.1, 0.15) is 65.2 Å². The first kappa shape index (κ1) is 21.7. The number of ketones is 1. The molecule has 3 heterocycles. The molecular weight excluding hydrogens is 385 g/mol. The Morgan fingerprint density at radius 2 is 1.93 bits per heavy atom. The summed E-state index contributed by atoms with van der Waals surface area (Å²) in [6.45, 7) is 4.28. The summed E-state index contributed by atoms with van der Waals surface area (Å²) in [7, 11) is -3.60. The molecule has 3 rings (SSSR count). The van der Waals surface area contributed by atoms with Gasteiger partial charge in [-0.2, -0.15) is 0 Å². The van der Waals surface area contributed by atoms with Crippen molar-refractivity contribution in [2.75, 3.05) is 13.2 Å². The fraction of sp³-hybridized carbons (Fsp3) is 0.789. The number of fused-ring (bicyclic) bond motifs is 1. The van der Waals surface area contributed by atoms with Crippen molar-refractivity contribution in [2.24, 2.45) is 0 Å². The van der Waals surface area contributed by atoms with E-state index < -0.39 is 26.3 Å². The Balaban J connectivity index is 1.47. The molecule has 158 valence electrons. The van der Waals surface area contributed by atoms with Gasteiger partial charge < -0.3 is 4.74 Å². The van der Waals surface area contributed by atoms with Crippen LogP contribution in [0.15, 0.2) is 11.8 Å². The average molecular weight is 415 g/mol. The largest absolute Gasteiger partial charge is 0.475 e. The maximum absolute atomic E-state index is 12.7. The van der Waals surface area contributed by atoms with E-state index in [-0.39, 0.29) is 24.7 Å². The van der Waals surface area contributed by atoms with Gasteiger partial charge in [0.2, 0.25) is 5.91 Å². The van der Waals surface area contributed by atoms with E-state index in [1.807, 2.05) is 0 Å². The molecule has 9 heteroatoms. The van der Waals surface area contributed by atoms with Crippen LogP contribution < -0.4 is 0 Å². The summed E-state index contributed by atoms with van der Waals surface area (Å²) in [5.41, 5.74) is 0.517. The van der Waals surface area contributed by atoms with Crippen molar-refractivity contribution in [2.45, 2.75) is 83.6 Å². The molecule has 3 aliphatic heterocycles. The number of unbranched alkanes of at least 4 members (excludes halogenated alkanes) is 5. The van der Waals surface area contributed by atoms with Crippen LogP contribution in [0.5, 0.6) is 0 Å². The van der Waals surface area contributed by atoms with E-state index in [0.717, 1.165) is 19.3 Å². The van der Waals surface area contributed by atoms with Crippen LogP contribution in [-0.4, -0.2) is 48.2 Å². The van der Waals surface area contributed by atoms with Crippen LogP contribution in [-0.2, 0) is 32.5 Å². The number of rotatable bonds is 9. The van der Waals surface area contributed by atoms with Crippen molar-refractivity contribution in [1.82, 2.24) is 4.90 Å². The molecule has 0 aromatic carbocycles. The van der Waals surface area contributed by atoms with E-state index in [1.165, 1.54) is 30.4 Å². The number of ether oxygens (including phenoxy) is 1. The minimum atomic E-state index is -3.60. The van der Waals surface area contributed by atoms with Crippen molar-refractivity contribution < 1.29 is 32.5 Å². The number of Topliss-reactive ketones (excluding diaryl/α,β-unsaturated/α-hetero) is 1. The lowest BCUT2D eigenvalue weighted by Crippen LogP contribution is -2.40. The smallest absolute Gasteiger partial charge is 0.349 e. The molecule has 28 heavy (non-hydrogen) atoms. The maximum Gasteiger partial charge on any atom is 0.475 e. The number of allylic oxidation sites excluding steroid dienone is 1. The van der Waals surface area contributed by atoms with E-state index in [1.54, 1.807) is 6.92 Å². The maximum atomic E-state index is 12.7. The summed E-state index contributed by atoms with van der Waals surface area (Å²) in [6, 6.07) is 0. The quantitative estimate of drug-likeness (QED) is 0.322. The Kier molecular flexibility index (Phi) is 7.45. The third-order valence-corrected chi connectivity index (χ3v) is 6.76. The van der Waals surface area contributed by atoms with E-state index in [9.17, 15) is 14.2 Å². The van der Waals surface area contributed by atoms with Crippen LogP contribution >= 0.6 is 7.82 Å². The van der Waals surface area contributed by atoms with E-state index in [0.29, 0.717) is 18.6 Å². The van der Waals surface area contributed by atoms with Crippen molar-refractivity contribution in [3.63, 3.8) is 0 Å². The molecule has 0 spiro atoms. The minimum absolute atomic E-state index is 0.0958. The zero-order valence-corrected chi connectivity index (χ0v) is 17.5. The summed E-state index contributed by atoms with van der Waals surface area (Å²) in [5, 5.41) is 0. The summed E-state index contributed by atoms with van der Waals surface area (Å²) < 4.78 is 34.9. The Hall–Kier alpha value is -1.05. The molecule has 0 aromatic rings. The summed E-state index contributed by atoms with van der Waals surface area (Å²) >= 11 is 0. The zero-order valence-electron chi connectivity index (χ0n) is 16.6. The number of amides is 1. The molecule has 0 N–H and O–H groups in total. The van der Waals surface area contributed by atoms with Crippen LogP contribution in [0.2, 0.25) is 0 Å². The second kappa shape index (κ2) is 9.63.